The van der Waals surface area contributed by atoms with Crippen molar-refractivity contribution >= 4 is 7.37 Å². The Morgan fingerprint density at radius 2 is 1.64 bits per heavy atom. The van der Waals surface area contributed by atoms with Crippen LogP contribution in [0.15, 0.2) is 24.3 Å². The Hall–Kier alpha value is -0.590. The van der Waals surface area contributed by atoms with Gasteiger partial charge in [0.25, 0.3) is 0 Å². The van der Waals surface area contributed by atoms with Crippen LogP contribution in [0.1, 0.15) is 11.1 Å². The first-order valence-electron chi connectivity index (χ1n) is 3.55. The van der Waals surface area contributed by atoms with Crippen LogP contribution in [0.25, 0.3) is 0 Å². The van der Waals surface area contributed by atoms with Crippen molar-refractivity contribution in [2.75, 3.05) is 0 Å². The summed E-state index contributed by atoms with van der Waals surface area (Å²) in [4.78, 5) is 9.27. The molecule has 0 radical (unpaired) electrons. The summed E-state index contributed by atoms with van der Waals surface area (Å²) in [6.45, 7) is 0. The molecule has 1 aliphatic rings. The van der Waals surface area contributed by atoms with Gasteiger partial charge in [0.2, 0.25) is 7.37 Å². The van der Waals surface area contributed by atoms with E-state index >= 15 is 0 Å². The molecule has 0 saturated carbocycles. The molecule has 11 heavy (non-hydrogen) atoms. The van der Waals surface area contributed by atoms with E-state index in [9.17, 15) is 9.46 Å². The fourth-order valence-electron chi connectivity index (χ4n) is 1.45. The Morgan fingerprint density at radius 3 is 2.09 bits per heavy atom. The van der Waals surface area contributed by atoms with E-state index in [0.717, 1.165) is 11.1 Å². The number of benzene rings is 1. The maximum Gasteiger partial charge on any atom is 0.209 e. The van der Waals surface area contributed by atoms with Gasteiger partial charge in [-0.2, -0.15) is 0 Å². The van der Waals surface area contributed by atoms with Crippen LogP contribution in [-0.4, -0.2) is 4.89 Å². The van der Waals surface area contributed by atoms with Crippen molar-refractivity contribution in [3.8, 4) is 0 Å². The van der Waals surface area contributed by atoms with E-state index in [1.807, 2.05) is 24.3 Å². The van der Waals surface area contributed by atoms with Gasteiger partial charge in [0.05, 0.1) is 12.3 Å². The second-order valence-electron chi connectivity index (χ2n) is 2.93. The molecular formula is C8H9O2P. The summed E-state index contributed by atoms with van der Waals surface area (Å²) in [6.07, 6.45) is 0.729. The Bertz CT molecular complexity index is 304. The molecule has 0 atom stereocenters. The Balaban J connectivity index is 2.49. The monoisotopic (exact) mass is 168 g/mol. The first-order valence-corrected chi connectivity index (χ1v) is 5.58. The molecule has 1 heterocycles. The van der Waals surface area contributed by atoms with Crippen molar-refractivity contribution in [1.29, 1.82) is 0 Å². The zero-order valence-corrected chi connectivity index (χ0v) is 6.92. The van der Waals surface area contributed by atoms with Crippen LogP contribution >= 0.6 is 7.37 Å². The number of rotatable bonds is 0. The minimum absolute atomic E-state index is 0.364. The van der Waals surface area contributed by atoms with Gasteiger partial charge in [-0.25, -0.2) is 0 Å². The molecule has 1 N–H and O–H groups in total. The van der Waals surface area contributed by atoms with Gasteiger partial charge in [0.1, 0.15) is 0 Å². The van der Waals surface area contributed by atoms with Crippen LogP contribution in [0.5, 0.6) is 0 Å². The van der Waals surface area contributed by atoms with Crippen LogP contribution in [0, 0.1) is 0 Å². The Labute approximate surface area is 65.3 Å². The Kier molecular flexibility index (Phi) is 1.41. The topological polar surface area (TPSA) is 37.3 Å². The molecule has 1 aromatic carbocycles. The molecule has 0 spiro atoms. The van der Waals surface area contributed by atoms with E-state index in [0.29, 0.717) is 12.3 Å². The van der Waals surface area contributed by atoms with Crippen LogP contribution in [0.4, 0.5) is 0 Å². The predicted molar refractivity (Wildman–Crippen MR) is 43.7 cm³/mol. The average molecular weight is 168 g/mol. The lowest BCUT2D eigenvalue weighted by molar-refractivity contribution is 0.479. The van der Waals surface area contributed by atoms with Gasteiger partial charge >= 0.3 is 0 Å². The molecule has 0 aromatic heterocycles. The summed E-state index contributed by atoms with van der Waals surface area (Å²) in [5.74, 6) is 0. The number of hydrogen-bond donors (Lipinski definition) is 1. The van der Waals surface area contributed by atoms with Gasteiger partial charge in [-0.3, -0.25) is 4.57 Å². The SMILES string of the molecule is O=P1(O)Cc2ccccc2C1. The molecule has 0 saturated heterocycles. The van der Waals surface area contributed by atoms with Crippen molar-refractivity contribution in [1.82, 2.24) is 0 Å². The van der Waals surface area contributed by atoms with Crippen molar-refractivity contribution in [2.24, 2.45) is 0 Å². The van der Waals surface area contributed by atoms with Crippen LogP contribution in [0.2, 0.25) is 0 Å². The molecule has 0 amide bonds. The molecule has 0 fully saturated rings. The number of hydrogen-bond acceptors (Lipinski definition) is 1. The van der Waals surface area contributed by atoms with Crippen LogP contribution < -0.4 is 0 Å². The first-order chi connectivity index (χ1) is 5.17. The zero-order chi connectivity index (χ0) is 7.90. The van der Waals surface area contributed by atoms with E-state index < -0.39 is 7.37 Å². The van der Waals surface area contributed by atoms with Crippen LogP contribution in [0.3, 0.4) is 0 Å². The lowest BCUT2D eigenvalue weighted by Gasteiger charge is -1.96. The standard InChI is InChI=1S/C8H9O2P/c9-11(10)5-7-3-1-2-4-8(7)6-11/h1-4H,5-6H2,(H,9,10). The quantitative estimate of drug-likeness (QED) is 0.601. The molecule has 2 nitrogen and oxygen atoms in total. The second kappa shape index (κ2) is 2.20. The molecule has 3 heteroatoms. The minimum Gasteiger partial charge on any atom is -0.344 e. The molecular weight excluding hydrogens is 159 g/mol. The smallest absolute Gasteiger partial charge is 0.209 e. The third kappa shape index (κ3) is 1.24. The third-order valence-corrected chi connectivity index (χ3v) is 3.62. The minimum atomic E-state index is -2.83. The predicted octanol–water partition coefficient (Wildman–Crippen LogP) is 1.97. The van der Waals surface area contributed by atoms with E-state index in [2.05, 4.69) is 0 Å². The van der Waals surface area contributed by atoms with E-state index in [4.69, 9.17) is 0 Å². The van der Waals surface area contributed by atoms with E-state index in [-0.39, 0.29) is 0 Å². The zero-order valence-electron chi connectivity index (χ0n) is 6.03. The van der Waals surface area contributed by atoms with Gasteiger partial charge in [-0.05, 0) is 11.1 Å². The van der Waals surface area contributed by atoms with Crippen molar-refractivity contribution in [2.45, 2.75) is 12.3 Å². The van der Waals surface area contributed by atoms with Gasteiger partial charge < -0.3 is 4.89 Å². The van der Waals surface area contributed by atoms with Crippen LogP contribution in [-0.2, 0) is 16.9 Å². The summed E-state index contributed by atoms with van der Waals surface area (Å²) in [5.41, 5.74) is 2.08. The normalized spacial score (nSPS) is 19.7. The lowest BCUT2D eigenvalue weighted by atomic mass is 10.1. The maximum atomic E-state index is 11.2. The van der Waals surface area contributed by atoms with Gasteiger partial charge in [-0.1, -0.05) is 24.3 Å². The summed E-state index contributed by atoms with van der Waals surface area (Å²) in [5, 5.41) is 0. The molecule has 58 valence electrons. The maximum absolute atomic E-state index is 11.2. The highest BCUT2D eigenvalue weighted by molar-refractivity contribution is 7.56. The van der Waals surface area contributed by atoms with Crippen molar-refractivity contribution in [3.05, 3.63) is 35.4 Å². The van der Waals surface area contributed by atoms with Gasteiger partial charge in [0, 0.05) is 0 Å². The average Bonchev–Trinajstić information content (AvgIpc) is 2.21. The highest BCUT2D eigenvalue weighted by atomic mass is 31.2. The summed E-state index contributed by atoms with van der Waals surface area (Å²) < 4.78 is 11.2. The summed E-state index contributed by atoms with van der Waals surface area (Å²) in [6, 6.07) is 7.66. The molecule has 0 bridgehead atoms. The number of fused-ring (bicyclic) bond motifs is 1. The van der Waals surface area contributed by atoms with Gasteiger partial charge in [0.15, 0.2) is 0 Å². The molecule has 0 aliphatic carbocycles. The lowest BCUT2D eigenvalue weighted by Crippen LogP contribution is -1.77. The highest BCUT2D eigenvalue weighted by Gasteiger charge is 2.28. The molecule has 1 aliphatic heterocycles. The molecule has 0 unspecified atom stereocenters. The van der Waals surface area contributed by atoms with E-state index in [1.54, 1.807) is 0 Å². The van der Waals surface area contributed by atoms with E-state index in [1.165, 1.54) is 0 Å². The fraction of sp³-hybridized carbons (Fsp3) is 0.250. The Morgan fingerprint density at radius 1 is 1.18 bits per heavy atom. The third-order valence-electron chi connectivity index (χ3n) is 1.95. The summed E-state index contributed by atoms with van der Waals surface area (Å²) in [7, 11) is -2.83. The first kappa shape index (κ1) is 7.08. The van der Waals surface area contributed by atoms with Gasteiger partial charge in [-0.15, -0.1) is 0 Å². The highest BCUT2D eigenvalue weighted by Crippen LogP contribution is 2.54. The largest absolute Gasteiger partial charge is 0.344 e. The fourth-order valence-corrected chi connectivity index (χ4v) is 3.25. The van der Waals surface area contributed by atoms with Crippen molar-refractivity contribution < 1.29 is 9.46 Å². The second-order valence-corrected chi connectivity index (χ2v) is 5.26. The van der Waals surface area contributed by atoms with Crippen molar-refractivity contribution in [3.63, 3.8) is 0 Å². The molecule has 1 aromatic rings. The summed E-state index contributed by atoms with van der Waals surface area (Å²) >= 11 is 0. The molecule has 2 rings (SSSR count).